The zero-order valence-corrected chi connectivity index (χ0v) is 15.5. The number of fused-ring (bicyclic) bond motifs is 1. The summed E-state index contributed by atoms with van der Waals surface area (Å²) in [5, 5.41) is 6.95. The number of carbonyl (C=O) groups excluding carboxylic acids is 2. The number of H-pyrrole nitrogens is 1. The van der Waals surface area contributed by atoms with E-state index in [2.05, 4.69) is 21.7 Å². The van der Waals surface area contributed by atoms with Gasteiger partial charge >= 0.3 is 0 Å². The van der Waals surface area contributed by atoms with Crippen molar-refractivity contribution in [2.45, 2.75) is 25.4 Å². The van der Waals surface area contributed by atoms with Crippen molar-refractivity contribution in [3.8, 4) is 0 Å². The molecule has 0 saturated carbocycles. The molecule has 0 bridgehead atoms. The average Bonchev–Trinajstić information content (AvgIpc) is 3.39. The first-order valence-corrected chi connectivity index (χ1v) is 9.56. The van der Waals surface area contributed by atoms with Gasteiger partial charge in [0.05, 0.1) is 0 Å². The van der Waals surface area contributed by atoms with E-state index < -0.39 is 6.10 Å². The molecule has 1 fully saturated rings. The molecular weight excluding hydrogens is 354 g/mol. The van der Waals surface area contributed by atoms with Gasteiger partial charge in [-0.05, 0) is 49.1 Å². The maximum absolute atomic E-state index is 12.5. The number of anilines is 1. The number of hydrogen-bond acceptors (Lipinski definition) is 3. The van der Waals surface area contributed by atoms with Crippen LogP contribution in [0.3, 0.4) is 0 Å². The molecule has 0 radical (unpaired) electrons. The van der Waals surface area contributed by atoms with Gasteiger partial charge in [0.15, 0.2) is 0 Å². The van der Waals surface area contributed by atoms with Gasteiger partial charge in [-0.2, -0.15) is 0 Å². The van der Waals surface area contributed by atoms with Crippen LogP contribution in [0.4, 0.5) is 5.69 Å². The fourth-order valence-corrected chi connectivity index (χ4v) is 3.50. The fourth-order valence-electron chi connectivity index (χ4n) is 3.50. The van der Waals surface area contributed by atoms with Gasteiger partial charge in [-0.25, -0.2) is 0 Å². The molecule has 1 unspecified atom stereocenters. The molecule has 144 valence electrons. The minimum Gasteiger partial charge on any atom is -0.368 e. The van der Waals surface area contributed by atoms with Gasteiger partial charge in [-0.1, -0.05) is 24.3 Å². The van der Waals surface area contributed by atoms with Gasteiger partial charge in [0.25, 0.3) is 11.8 Å². The minimum absolute atomic E-state index is 0.158. The Labute approximate surface area is 163 Å². The highest BCUT2D eigenvalue weighted by Gasteiger charge is 2.23. The lowest BCUT2D eigenvalue weighted by Crippen LogP contribution is -2.28. The van der Waals surface area contributed by atoms with Crippen LogP contribution in [-0.4, -0.2) is 36.1 Å². The van der Waals surface area contributed by atoms with Crippen molar-refractivity contribution >= 4 is 28.4 Å². The molecule has 1 atom stereocenters. The van der Waals surface area contributed by atoms with E-state index in [1.165, 1.54) is 10.9 Å². The SMILES string of the molecule is O=C(NCCc1c[nH]c2ccccc12)c1cccc(NC(=O)C2CCCO2)c1. The summed E-state index contributed by atoms with van der Waals surface area (Å²) in [6.07, 6.45) is 3.97. The highest BCUT2D eigenvalue weighted by atomic mass is 16.5. The standard InChI is InChI=1S/C22H23N3O3/c26-21(23-11-10-16-14-24-19-8-2-1-7-18(16)19)15-5-3-6-17(13-15)25-22(27)20-9-4-12-28-20/h1-3,5-8,13-14,20,24H,4,9-12H2,(H,23,26)(H,25,27). The molecule has 6 nitrogen and oxygen atoms in total. The topological polar surface area (TPSA) is 83.2 Å². The number of amides is 2. The number of carbonyl (C=O) groups is 2. The predicted molar refractivity (Wildman–Crippen MR) is 108 cm³/mol. The lowest BCUT2D eigenvalue weighted by molar-refractivity contribution is -0.124. The Hall–Kier alpha value is -3.12. The lowest BCUT2D eigenvalue weighted by atomic mass is 10.1. The third-order valence-electron chi connectivity index (χ3n) is 4.97. The van der Waals surface area contributed by atoms with E-state index >= 15 is 0 Å². The van der Waals surface area contributed by atoms with Crippen molar-refractivity contribution in [1.29, 1.82) is 0 Å². The van der Waals surface area contributed by atoms with Crippen LogP contribution in [0.1, 0.15) is 28.8 Å². The van der Waals surface area contributed by atoms with Crippen LogP contribution < -0.4 is 10.6 Å². The zero-order valence-electron chi connectivity index (χ0n) is 15.5. The number of rotatable bonds is 6. The molecule has 1 aliphatic heterocycles. The summed E-state index contributed by atoms with van der Waals surface area (Å²) < 4.78 is 5.39. The van der Waals surface area contributed by atoms with Gasteiger partial charge in [0, 0.05) is 41.5 Å². The van der Waals surface area contributed by atoms with Gasteiger partial charge in [-0.15, -0.1) is 0 Å². The first-order valence-electron chi connectivity index (χ1n) is 9.56. The molecule has 4 rings (SSSR count). The molecule has 3 N–H and O–H groups in total. The molecule has 2 aromatic carbocycles. The molecule has 0 aliphatic carbocycles. The van der Waals surface area contributed by atoms with Crippen LogP contribution in [0, 0.1) is 0 Å². The molecule has 2 heterocycles. The van der Waals surface area contributed by atoms with Gasteiger partial charge in [0.2, 0.25) is 0 Å². The Morgan fingerprint density at radius 1 is 1.14 bits per heavy atom. The van der Waals surface area contributed by atoms with E-state index in [0.29, 0.717) is 24.4 Å². The van der Waals surface area contributed by atoms with Gasteiger partial charge in [0.1, 0.15) is 6.10 Å². The number of hydrogen-bond donors (Lipinski definition) is 3. The summed E-state index contributed by atoms with van der Waals surface area (Å²) in [5.41, 5.74) is 3.39. The van der Waals surface area contributed by atoms with Crippen molar-refractivity contribution in [3.05, 3.63) is 65.9 Å². The molecule has 6 heteroatoms. The van der Waals surface area contributed by atoms with Crippen molar-refractivity contribution in [3.63, 3.8) is 0 Å². The number of benzene rings is 2. The lowest BCUT2D eigenvalue weighted by Gasteiger charge is -2.11. The second kappa shape index (κ2) is 8.27. The Kier molecular flexibility index (Phi) is 5.39. The second-order valence-electron chi connectivity index (χ2n) is 6.94. The van der Waals surface area contributed by atoms with Gasteiger partial charge < -0.3 is 20.4 Å². The van der Waals surface area contributed by atoms with Crippen LogP contribution in [0.2, 0.25) is 0 Å². The van der Waals surface area contributed by atoms with Crippen molar-refractivity contribution < 1.29 is 14.3 Å². The maximum Gasteiger partial charge on any atom is 0.253 e. The largest absolute Gasteiger partial charge is 0.368 e. The molecule has 2 amide bonds. The summed E-state index contributed by atoms with van der Waals surface area (Å²) in [7, 11) is 0. The first-order chi connectivity index (χ1) is 13.7. The minimum atomic E-state index is -0.395. The van der Waals surface area contributed by atoms with E-state index in [1.807, 2.05) is 24.4 Å². The normalized spacial score (nSPS) is 16.2. The number of aromatic nitrogens is 1. The monoisotopic (exact) mass is 377 g/mol. The Balaban J connectivity index is 1.33. The molecule has 28 heavy (non-hydrogen) atoms. The quantitative estimate of drug-likeness (QED) is 0.617. The van der Waals surface area contributed by atoms with E-state index in [0.717, 1.165) is 24.8 Å². The van der Waals surface area contributed by atoms with Crippen molar-refractivity contribution in [2.24, 2.45) is 0 Å². The predicted octanol–water partition coefficient (Wildman–Crippen LogP) is 3.26. The summed E-state index contributed by atoms with van der Waals surface area (Å²) in [4.78, 5) is 27.9. The summed E-state index contributed by atoms with van der Waals surface area (Å²) in [6, 6.07) is 15.1. The number of ether oxygens (including phenoxy) is 1. The van der Waals surface area contributed by atoms with Crippen LogP contribution in [-0.2, 0) is 16.0 Å². The highest BCUT2D eigenvalue weighted by Crippen LogP contribution is 2.18. The van der Waals surface area contributed by atoms with Crippen LogP contribution in [0.25, 0.3) is 10.9 Å². The molecule has 1 aromatic heterocycles. The van der Waals surface area contributed by atoms with Crippen LogP contribution in [0.5, 0.6) is 0 Å². The average molecular weight is 377 g/mol. The molecule has 1 saturated heterocycles. The second-order valence-corrected chi connectivity index (χ2v) is 6.94. The smallest absolute Gasteiger partial charge is 0.253 e. The van der Waals surface area contributed by atoms with Gasteiger partial charge in [-0.3, -0.25) is 9.59 Å². The highest BCUT2D eigenvalue weighted by molar-refractivity contribution is 5.98. The van der Waals surface area contributed by atoms with E-state index in [9.17, 15) is 9.59 Å². The molecule has 3 aromatic rings. The molecule has 0 spiro atoms. The molecular formula is C22H23N3O3. The summed E-state index contributed by atoms with van der Waals surface area (Å²) >= 11 is 0. The first kappa shape index (κ1) is 18.3. The Morgan fingerprint density at radius 3 is 2.89 bits per heavy atom. The Morgan fingerprint density at radius 2 is 2.04 bits per heavy atom. The third kappa shape index (κ3) is 4.07. The van der Waals surface area contributed by atoms with E-state index in [-0.39, 0.29) is 11.8 Å². The zero-order chi connectivity index (χ0) is 19.3. The summed E-state index contributed by atoms with van der Waals surface area (Å²) in [6.45, 7) is 1.16. The van der Waals surface area contributed by atoms with E-state index in [4.69, 9.17) is 4.74 Å². The number of para-hydroxylation sites is 1. The summed E-state index contributed by atoms with van der Waals surface area (Å²) in [5.74, 6) is -0.317. The Bertz CT molecular complexity index is 989. The van der Waals surface area contributed by atoms with Crippen LogP contribution in [0.15, 0.2) is 54.7 Å². The molecule has 1 aliphatic rings. The van der Waals surface area contributed by atoms with Crippen molar-refractivity contribution in [2.75, 3.05) is 18.5 Å². The van der Waals surface area contributed by atoms with Crippen LogP contribution >= 0.6 is 0 Å². The maximum atomic E-state index is 12.5. The number of aromatic amines is 1. The fraction of sp³-hybridized carbons (Fsp3) is 0.273. The third-order valence-corrected chi connectivity index (χ3v) is 4.97. The number of nitrogens with one attached hydrogen (secondary N) is 3. The van der Waals surface area contributed by atoms with E-state index in [1.54, 1.807) is 24.3 Å². The van der Waals surface area contributed by atoms with Crippen molar-refractivity contribution in [1.82, 2.24) is 10.3 Å².